The molecule has 0 unspecified atom stereocenters. The van der Waals surface area contributed by atoms with Crippen LogP contribution in [0, 0.1) is 17.8 Å². The van der Waals surface area contributed by atoms with Crippen LogP contribution in [0.1, 0.15) is 64.7 Å². The Morgan fingerprint density at radius 1 is 1.00 bits per heavy atom. The van der Waals surface area contributed by atoms with Gasteiger partial charge in [-0.05, 0) is 65.8 Å². The van der Waals surface area contributed by atoms with Crippen molar-refractivity contribution in [3.63, 3.8) is 0 Å². The molecule has 2 aliphatic rings. The van der Waals surface area contributed by atoms with E-state index in [2.05, 4.69) is 38.8 Å². The van der Waals surface area contributed by atoms with Gasteiger partial charge in [0.2, 0.25) is 0 Å². The first-order valence-electron chi connectivity index (χ1n) is 7.56. The highest BCUT2D eigenvalue weighted by molar-refractivity contribution is 9.12. The number of rotatable bonds is 3. The Labute approximate surface area is 132 Å². The SMILES string of the molecule is CC1CCC(CC2CCC(Br)(C(F)(F)Br)CC2)CC1. The van der Waals surface area contributed by atoms with Crippen LogP contribution in [0.3, 0.4) is 0 Å². The molecule has 0 aromatic rings. The van der Waals surface area contributed by atoms with Gasteiger partial charge < -0.3 is 0 Å². The van der Waals surface area contributed by atoms with Crippen LogP contribution in [0.4, 0.5) is 8.78 Å². The molecule has 2 saturated carbocycles. The fourth-order valence-corrected chi connectivity index (χ4v) is 4.54. The van der Waals surface area contributed by atoms with E-state index in [0.29, 0.717) is 18.8 Å². The standard InChI is InChI=1S/C15H24Br2F2/c1-11-2-4-12(5-3-11)10-13-6-8-14(16,9-7-13)15(17,18)19/h11-13H,2-10H2,1H3. The number of hydrogen-bond donors (Lipinski definition) is 0. The monoisotopic (exact) mass is 400 g/mol. The summed E-state index contributed by atoms with van der Waals surface area (Å²) in [4.78, 5) is -2.79. The van der Waals surface area contributed by atoms with Crippen molar-refractivity contribution in [1.82, 2.24) is 0 Å². The van der Waals surface area contributed by atoms with Crippen LogP contribution in [0.2, 0.25) is 0 Å². The molecule has 4 heteroatoms. The van der Waals surface area contributed by atoms with Crippen molar-refractivity contribution in [3.05, 3.63) is 0 Å². The van der Waals surface area contributed by atoms with Crippen LogP contribution in [-0.4, -0.2) is 9.16 Å². The first-order valence-corrected chi connectivity index (χ1v) is 9.14. The predicted molar refractivity (Wildman–Crippen MR) is 83.2 cm³/mol. The summed E-state index contributed by atoms with van der Waals surface area (Å²) in [5.41, 5.74) is 0. The summed E-state index contributed by atoms with van der Waals surface area (Å²) in [5, 5.41) is 0. The lowest BCUT2D eigenvalue weighted by atomic mass is 9.73. The van der Waals surface area contributed by atoms with Crippen LogP contribution >= 0.6 is 31.9 Å². The van der Waals surface area contributed by atoms with E-state index in [4.69, 9.17) is 0 Å². The molecule has 0 heterocycles. The first-order chi connectivity index (χ1) is 8.80. The number of halogens is 4. The van der Waals surface area contributed by atoms with Gasteiger partial charge >= 0.3 is 4.83 Å². The first kappa shape index (κ1) is 16.2. The summed E-state index contributed by atoms with van der Waals surface area (Å²) in [7, 11) is 0. The third-order valence-electron chi connectivity index (χ3n) is 5.21. The van der Waals surface area contributed by atoms with Crippen LogP contribution < -0.4 is 0 Å². The van der Waals surface area contributed by atoms with Crippen molar-refractivity contribution >= 4 is 31.9 Å². The van der Waals surface area contributed by atoms with E-state index >= 15 is 0 Å². The Morgan fingerprint density at radius 2 is 1.47 bits per heavy atom. The van der Waals surface area contributed by atoms with Crippen LogP contribution in [0.15, 0.2) is 0 Å². The second-order valence-electron chi connectivity index (χ2n) is 6.77. The Hall–Kier alpha value is 0.820. The van der Waals surface area contributed by atoms with Crippen LogP contribution in [-0.2, 0) is 0 Å². The molecule has 19 heavy (non-hydrogen) atoms. The Balaban J connectivity index is 1.78. The lowest BCUT2D eigenvalue weighted by Gasteiger charge is -2.39. The molecule has 0 aromatic heterocycles. The molecular weight excluding hydrogens is 378 g/mol. The lowest BCUT2D eigenvalue weighted by molar-refractivity contribution is 0.0413. The van der Waals surface area contributed by atoms with E-state index in [1.807, 2.05) is 0 Å². The molecule has 0 nitrogen and oxygen atoms in total. The molecule has 0 atom stereocenters. The highest BCUT2D eigenvalue weighted by Gasteiger charge is 2.51. The minimum Gasteiger partial charge on any atom is -0.192 e. The molecule has 112 valence electrons. The summed E-state index contributed by atoms with van der Waals surface area (Å²) in [6, 6.07) is 0. The maximum Gasteiger partial charge on any atom is 0.316 e. The van der Waals surface area contributed by atoms with Crippen LogP contribution in [0.5, 0.6) is 0 Å². The minimum atomic E-state index is -2.79. The van der Waals surface area contributed by atoms with E-state index in [1.165, 1.54) is 32.1 Å². The van der Waals surface area contributed by atoms with Gasteiger partial charge in [-0.25, -0.2) is 0 Å². The zero-order valence-electron chi connectivity index (χ0n) is 11.6. The van der Waals surface area contributed by atoms with Gasteiger partial charge in [-0.15, -0.1) is 0 Å². The smallest absolute Gasteiger partial charge is 0.192 e. The molecule has 2 rings (SSSR count). The topological polar surface area (TPSA) is 0 Å². The average molecular weight is 402 g/mol. The zero-order valence-corrected chi connectivity index (χ0v) is 14.8. The lowest BCUT2D eigenvalue weighted by Crippen LogP contribution is -2.41. The molecule has 2 aliphatic carbocycles. The van der Waals surface area contributed by atoms with Crippen molar-refractivity contribution in [2.75, 3.05) is 0 Å². The quantitative estimate of drug-likeness (QED) is 0.472. The molecule has 0 saturated heterocycles. The third kappa shape index (κ3) is 4.15. The maximum atomic E-state index is 13.5. The summed E-state index contributed by atoms with van der Waals surface area (Å²) in [5.74, 6) is 2.41. The highest BCUT2D eigenvalue weighted by Crippen LogP contribution is 2.52. The van der Waals surface area contributed by atoms with Gasteiger partial charge in [0, 0.05) is 0 Å². The number of hydrogen-bond acceptors (Lipinski definition) is 0. The van der Waals surface area contributed by atoms with Crippen molar-refractivity contribution in [1.29, 1.82) is 0 Å². The molecule has 0 bridgehead atoms. The highest BCUT2D eigenvalue weighted by atomic mass is 79.9. The number of alkyl halides is 4. The van der Waals surface area contributed by atoms with Gasteiger partial charge in [0.1, 0.15) is 0 Å². The molecule has 0 N–H and O–H groups in total. The van der Waals surface area contributed by atoms with E-state index in [9.17, 15) is 8.78 Å². The second kappa shape index (κ2) is 6.29. The molecule has 0 radical (unpaired) electrons. The minimum absolute atomic E-state index is 0.582. The second-order valence-corrected chi connectivity index (χ2v) is 9.28. The van der Waals surface area contributed by atoms with Gasteiger partial charge in [0.15, 0.2) is 0 Å². The molecule has 0 amide bonds. The van der Waals surface area contributed by atoms with Gasteiger partial charge in [0.25, 0.3) is 0 Å². The van der Waals surface area contributed by atoms with Crippen molar-refractivity contribution in [2.45, 2.75) is 73.9 Å². The maximum absolute atomic E-state index is 13.5. The molecule has 2 fully saturated rings. The molecule has 0 aromatic carbocycles. The Morgan fingerprint density at radius 3 is 1.95 bits per heavy atom. The van der Waals surface area contributed by atoms with Gasteiger partial charge in [0.05, 0.1) is 4.32 Å². The van der Waals surface area contributed by atoms with E-state index in [1.54, 1.807) is 0 Å². The molecule has 0 aliphatic heterocycles. The van der Waals surface area contributed by atoms with Gasteiger partial charge in [-0.1, -0.05) is 48.5 Å². The van der Waals surface area contributed by atoms with Crippen LogP contribution in [0.25, 0.3) is 0 Å². The average Bonchev–Trinajstić information content (AvgIpc) is 2.34. The van der Waals surface area contributed by atoms with E-state index in [-0.39, 0.29) is 0 Å². The van der Waals surface area contributed by atoms with Crippen molar-refractivity contribution < 1.29 is 8.78 Å². The summed E-state index contributed by atoms with van der Waals surface area (Å²) >= 11 is 5.82. The normalized spacial score (nSPS) is 41.2. The molecule has 0 spiro atoms. The fraction of sp³-hybridized carbons (Fsp3) is 1.00. The Bertz CT molecular complexity index is 285. The van der Waals surface area contributed by atoms with Gasteiger partial charge in [-0.3, -0.25) is 0 Å². The predicted octanol–water partition coefficient (Wildman–Crippen LogP) is 6.51. The Kier molecular flexibility index (Phi) is 5.36. The summed E-state index contributed by atoms with van der Waals surface area (Å²) < 4.78 is 26.0. The van der Waals surface area contributed by atoms with E-state index in [0.717, 1.165) is 24.7 Å². The molecular formula is C15H24Br2F2. The summed E-state index contributed by atoms with van der Waals surface area (Å²) in [6.45, 7) is 2.34. The van der Waals surface area contributed by atoms with Crippen molar-refractivity contribution in [2.24, 2.45) is 17.8 Å². The van der Waals surface area contributed by atoms with Gasteiger partial charge in [-0.2, -0.15) is 8.78 Å². The third-order valence-corrected chi connectivity index (χ3v) is 7.79. The summed E-state index contributed by atoms with van der Waals surface area (Å²) in [6.07, 6.45) is 9.74. The van der Waals surface area contributed by atoms with E-state index < -0.39 is 9.16 Å². The fourth-order valence-electron chi connectivity index (χ4n) is 3.69. The largest absolute Gasteiger partial charge is 0.316 e. The van der Waals surface area contributed by atoms with Crippen molar-refractivity contribution in [3.8, 4) is 0 Å². The zero-order chi connectivity index (χ0) is 14.1.